The molecule has 0 spiro atoms. The number of hydrogen-bond acceptors (Lipinski definition) is 2. The molecule has 3 nitrogen and oxygen atoms in total. The molecule has 1 fully saturated rings. The highest BCUT2D eigenvalue weighted by Gasteiger charge is 2.27. The van der Waals surface area contributed by atoms with Gasteiger partial charge in [-0.05, 0) is 17.7 Å². The zero-order valence-electron chi connectivity index (χ0n) is 8.23. The summed E-state index contributed by atoms with van der Waals surface area (Å²) in [5, 5.41) is 0. The Balaban J connectivity index is 2.17. The number of nitrogens with two attached hydrogens (primary N) is 1. The average molecular weight is 190 g/mol. The summed E-state index contributed by atoms with van der Waals surface area (Å²) >= 11 is 0. The molecule has 3 heteroatoms. The first kappa shape index (κ1) is 9.06. The van der Waals surface area contributed by atoms with Crippen molar-refractivity contribution >= 4 is 11.6 Å². The SMILES string of the molecule is CN1C[C@H](c2ccc(N)cc2)CC1=O. The fourth-order valence-corrected chi connectivity index (χ4v) is 1.86. The Labute approximate surface area is 83.5 Å². The lowest BCUT2D eigenvalue weighted by Crippen LogP contribution is -2.18. The standard InChI is InChI=1S/C11H14N2O/c1-13-7-9(6-11(13)14)8-2-4-10(12)5-3-8/h2-5,9H,6-7,12H2,1H3/t9-/m1/s1. The Morgan fingerprint density at radius 3 is 2.50 bits per heavy atom. The maximum atomic E-state index is 11.3. The van der Waals surface area contributed by atoms with Crippen molar-refractivity contribution in [1.82, 2.24) is 4.90 Å². The average Bonchev–Trinajstić information content (AvgIpc) is 2.48. The van der Waals surface area contributed by atoms with Crippen LogP contribution in [0.1, 0.15) is 17.9 Å². The number of likely N-dealkylation sites (N-methyl/N-ethyl adjacent to an activating group) is 1. The van der Waals surface area contributed by atoms with E-state index in [1.54, 1.807) is 4.90 Å². The molecule has 0 unspecified atom stereocenters. The number of anilines is 1. The van der Waals surface area contributed by atoms with Gasteiger partial charge in [-0.15, -0.1) is 0 Å². The van der Waals surface area contributed by atoms with E-state index in [9.17, 15) is 4.79 Å². The quantitative estimate of drug-likeness (QED) is 0.677. The first-order valence-corrected chi connectivity index (χ1v) is 4.76. The van der Waals surface area contributed by atoms with Crippen LogP contribution in [-0.4, -0.2) is 24.4 Å². The van der Waals surface area contributed by atoms with Gasteiger partial charge >= 0.3 is 0 Å². The van der Waals surface area contributed by atoms with Crippen molar-refractivity contribution in [2.24, 2.45) is 0 Å². The molecule has 0 saturated carbocycles. The van der Waals surface area contributed by atoms with Gasteiger partial charge in [-0.25, -0.2) is 0 Å². The van der Waals surface area contributed by atoms with E-state index in [-0.39, 0.29) is 5.91 Å². The monoisotopic (exact) mass is 190 g/mol. The number of nitrogen functional groups attached to an aromatic ring is 1. The number of likely N-dealkylation sites (tertiary alicyclic amines) is 1. The minimum atomic E-state index is 0.229. The number of amides is 1. The van der Waals surface area contributed by atoms with Crippen molar-refractivity contribution in [2.45, 2.75) is 12.3 Å². The van der Waals surface area contributed by atoms with Gasteiger partial charge in [0.2, 0.25) is 5.91 Å². The van der Waals surface area contributed by atoms with Gasteiger partial charge in [0.1, 0.15) is 0 Å². The van der Waals surface area contributed by atoms with E-state index >= 15 is 0 Å². The Bertz CT molecular complexity index is 345. The van der Waals surface area contributed by atoms with Gasteiger partial charge in [-0.1, -0.05) is 12.1 Å². The zero-order valence-corrected chi connectivity index (χ0v) is 8.23. The van der Waals surface area contributed by atoms with Crippen molar-refractivity contribution < 1.29 is 4.79 Å². The lowest BCUT2D eigenvalue weighted by Gasteiger charge is -2.10. The minimum Gasteiger partial charge on any atom is -0.399 e. The van der Waals surface area contributed by atoms with Gasteiger partial charge in [0.15, 0.2) is 0 Å². The van der Waals surface area contributed by atoms with E-state index in [2.05, 4.69) is 0 Å². The molecule has 2 rings (SSSR count). The summed E-state index contributed by atoms with van der Waals surface area (Å²) < 4.78 is 0. The molecule has 1 aliphatic heterocycles. The van der Waals surface area contributed by atoms with Crippen LogP contribution in [0.5, 0.6) is 0 Å². The lowest BCUT2D eigenvalue weighted by atomic mass is 9.98. The summed E-state index contributed by atoms with van der Waals surface area (Å²) in [6.45, 7) is 0.822. The Kier molecular flexibility index (Phi) is 2.15. The molecule has 1 aromatic rings. The van der Waals surface area contributed by atoms with E-state index in [0.717, 1.165) is 12.2 Å². The lowest BCUT2D eigenvalue weighted by molar-refractivity contribution is -0.126. The molecule has 0 radical (unpaired) electrons. The van der Waals surface area contributed by atoms with Gasteiger partial charge in [0, 0.05) is 31.6 Å². The summed E-state index contributed by atoms with van der Waals surface area (Å²) in [5.41, 5.74) is 7.58. The molecule has 0 aliphatic carbocycles. The van der Waals surface area contributed by atoms with Crippen molar-refractivity contribution in [3.8, 4) is 0 Å². The number of carbonyl (C=O) groups is 1. The highest BCUT2D eigenvalue weighted by Crippen LogP contribution is 2.27. The maximum Gasteiger partial charge on any atom is 0.223 e. The van der Waals surface area contributed by atoms with Crippen LogP contribution in [0.2, 0.25) is 0 Å². The molecule has 1 amide bonds. The Morgan fingerprint density at radius 2 is 2.00 bits per heavy atom. The van der Waals surface area contributed by atoms with Crippen LogP contribution < -0.4 is 5.73 Å². The number of nitrogens with zero attached hydrogens (tertiary/aromatic N) is 1. The molecule has 1 atom stereocenters. The summed E-state index contributed by atoms with van der Waals surface area (Å²) in [7, 11) is 1.85. The second-order valence-corrected chi connectivity index (χ2v) is 3.84. The van der Waals surface area contributed by atoms with Gasteiger partial charge in [0.05, 0.1) is 0 Å². The van der Waals surface area contributed by atoms with E-state index in [1.165, 1.54) is 5.56 Å². The van der Waals surface area contributed by atoms with Crippen molar-refractivity contribution in [2.75, 3.05) is 19.3 Å². The molecular weight excluding hydrogens is 176 g/mol. The summed E-state index contributed by atoms with van der Waals surface area (Å²) in [5.74, 6) is 0.569. The topological polar surface area (TPSA) is 46.3 Å². The number of carbonyl (C=O) groups excluding carboxylic acids is 1. The Hall–Kier alpha value is -1.51. The first-order valence-electron chi connectivity index (χ1n) is 4.76. The van der Waals surface area contributed by atoms with Crippen LogP contribution in [0.15, 0.2) is 24.3 Å². The van der Waals surface area contributed by atoms with E-state index in [4.69, 9.17) is 5.73 Å². The van der Waals surface area contributed by atoms with Crippen molar-refractivity contribution in [3.63, 3.8) is 0 Å². The predicted molar refractivity (Wildman–Crippen MR) is 55.8 cm³/mol. The smallest absolute Gasteiger partial charge is 0.223 e. The second-order valence-electron chi connectivity index (χ2n) is 3.84. The van der Waals surface area contributed by atoms with Gasteiger partial charge in [-0.2, -0.15) is 0 Å². The Morgan fingerprint density at radius 1 is 1.36 bits per heavy atom. The molecule has 74 valence electrons. The van der Waals surface area contributed by atoms with Crippen molar-refractivity contribution in [1.29, 1.82) is 0 Å². The van der Waals surface area contributed by atoms with Crippen LogP contribution in [-0.2, 0) is 4.79 Å². The van der Waals surface area contributed by atoms with Crippen LogP contribution in [0.25, 0.3) is 0 Å². The maximum absolute atomic E-state index is 11.3. The minimum absolute atomic E-state index is 0.229. The van der Waals surface area contributed by atoms with Crippen LogP contribution in [0.4, 0.5) is 5.69 Å². The second kappa shape index (κ2) is 3.33. The van der Waals surface area contributed by atoms with E-state index in [0.29, 0.717) is 12.3 Å². The number of hydrogen-bond donors (Lipinski definition) is 1. The molecular formula is C11H14N2O. The molecule has 14 heavy (non-hydrogen) atoms. The summed E-state index contributed by atoms with van der Waals surface area (Å²) in [4.78, 5) is 13.1. The molecule has 1 aliphatic rings. The highest BCUT2D eigenvalue weighted by molar-refractivity contribution is 5.79. The van der Waals surface area contributed by atoms with Crippen molar-refractivity contribution in [3.05, 3.63) is 29.8 Å². The molecule has 0 bridgehead atoms. The fraction of sp³-hybridized carbons (Fsp3) is 0.364. The third kappa shape index (κ3) is 1.58. The first-order chi connectivity index (χ1) is 6.66. The molecule has 1 aromatic carbocycles. The van der Waals surface area contributed by atoms with Gasteiger partial charge in [0.25, 0.3) is 0 Å². The fourth-order valence-electron chi connectivity index (χ4n) is 1.86. The largest absolute Gasteiger partial charge is 0.399 e. The van der Waals surface area contributed by atoms with Crippen LogP contribution in [0, 0.1) is 0 Å². The normalized spacial score (nSPS) is 21.6. The molecule has 2 N–H and O–H groups in total. The number of benzene rings is 1. The number of rotatable bonds is 1. The predicted octanol–water partition coefficient (Wildman–Crippen LogP) is 1.21. The highest BCUT2D eigenvalue weighted by atomic mass is 16.2. The van der Waals surface area contributed by atoms with Crippen LogP contribution in [0.3, 0.4) is 0 Å². The summed E-state index contributed by atoms with van der Waals surface area (Å²) in [6, 6.07) is 7.79. The third-order valence-corrected chi connectivity index (χ3v) is 2.75. The zero-order chi connectivity index (χ0) is 10.1. The third-order valence-electron chi connectivity index (χ3n) is 2.75. The van der Waals surface area contributed by atoms with Crippen LogP contribution >= 0.6 is 0 Å². The summed E-state index contributed by atoms with van der Waals surface area (Å²) in [6.07, 6.45) is 0.625. The van der Waals surface area contributed by atoms with Gasteiger partial charge < -0.3 is 10.6 Å². The molecule has 1 saturated heterocycles. The molecule has 1 heterocycles. The van der Waals surface area contributed by atoms with E-state index < -0.39 is 0 Å². The molecule has 0 aromatic heterocycles. The van der Waals surface area contributed by atoms with Gasteiger partial charge in [-0.3, -0.25) is 4.79 Å². The van der Waals surface area contributed by atoms with E-state index in [1.807, 2.05) is 31.3 Å².